The fourth-order valence-electron chi connectivity index (χ4n) is 4.04. The summed E-state index contributed by atoms with van der Waals surface area (Å²) in [6.45, 7) is 12.7. The summed E-state index contributed by atoms with van der Waals surface area (Å²) in [6, 6.07) is 0.648. The van der Waals surface area contributed by atoms with Crippen LogP contribution >= 0.6 is 0 Å². The van der Waals surface area contributed by atoms with Crippen LogP contribution in [0.15, 0.2) is 0 Å². The molecule has 0 amide bonds. The molecule has 120 valence electrons. The summed E-state index contributed by atoms with van der Waals surface area (Å²) in [7, 11) is 2.31. The lowest BCUT2D eigenvalue weighted by Gasteiger charge is -2.44. The Morgan fingerprint density at radius 3 is 2.40 bits per heavy atom. The first kappa shape index (κ1) is 18.0. The normalized spacial score (nSPS) is 30.3. The Morgan fingerprint density at radius 1 is 1.25 bits per heavy atom. The van der Waals surface area contributed by atoms with E-state index in [0.29, 0.717) is 11.5 Å². The summed E-state index contributed by atoms with van der Waals surface area (Å²) in [5.41, 5.74) is 6.94. The van der Waals surface area contributed by atoms with Gasteiger partial charge in [-0.25, -0.2) is 0 Å². The number of nitrogens with zero attached hydrogens (tertiary/aromatic N) is 1. The van der Waals surface area contributed by atoms with Crippen LogP contribution in [-0.2, 0) is 0 Å². The lowest BCUT2D eigenvalue weighted by atomic mass is 9.76. The number of nitrogens with two attached hydrogens (primary N) is 1. The predicted molar refractivity (Wildman–Crippen MR) is 89.9 cm³/mol. The molecule has 1 saturated carbocycles. The highest BCUT2D eigenvalue weighted by Crippen LogP contribution is 2.41. The summed E-state index contributed by atoms with van der Waals surface area (Å²) >= 11 is 0. The van der Waals surface area contributed by atoms with Crippen molar-refractivity contribution in [1.29, 1.82) is 0 Å². The van der Waals surface area contributed by atoms with Crippen LogP contribution in [0.3, 0.4) is 0 Å². The van der Waals surface area contributed by atoms with Crippen LogP contribution in [0.1, 0.15) is 79.6 Å². The van der Waals surface area contributed by atoms with Crippen LogP contribution in [0, 0.1) is 11.3 Å². The van der Waals surface area contributed by atoms with Crippen molar-refractivity contribution in [1.82, 2.24) is 4.90 Å². The van der Waals surface area contributed by atoms with Crippen LogP contribution < -0.4 is 5.73 Å². The van der Waals surface area contributed by atoms with Gasteiger partial charge in [0, 0.05) is 18.1 Å². The Morgan fingerprint density at radius 2 is 1.90 bits per heavy atom. The molecule has 0 aromatic rings. The first-order valence-electron chi connectivity index (χ1n) is 8.70. The molecular weight excluding hydrogens is 244 g/mol. The molecule has 2 heteroatoms. The minimum Gasteiger partial charge on any atom is -0.329 e. The molecule has 0 heterocycles. The van der Waals surface area contributed by atoms with Crippen molar-refractivity contribution in [3.8, 4) is 0 Å². The zero-order valence-corrected chi connectivity index (χ0v) is 14.8. The third-order valence-corrected chi connectivity index (χ3v) is 5.87. The van der Waals surface area contributed by atoms with Crippen LogP contribution in [0.5, 0.6) is 0 Å². The minimum absolute atomic E-state index is 0.245. The largest absolute Gasteiger partial charge is 0.329 e. The van der Waals surface area contributed by atoms with Gasteiger partial charge in [0.1, 0.15) is 0 Å². The van der Waals surface area contributed by atoms with Gasteiger partial charge in [0.15, 0.2) is 0 Å². The lowest BCUT2D eigenvalue weighted by molar-refractivity contribution is 0.0624. The van der Waals surface area contributed by atoms with Crippen molar-refractivity contribution in [3.05, 3.63) is 0 Å². The molecule has 0 radical (unpaired) electrons. The molecule has 0 bridgehead atoms. The second-order valence-corrected chi connectivity index (χ2v) is 8.17. The van der Waals surface area contributed by atoms with Gasteiger partial charge in [0.25, 0.3) is 0 Å². The van der Waals surface area contributed by atoms with E-state index in [0.717, 1.165) is 12.5 Å². The Labute approximate surface area is 127 Å². The Bertz CT molecular complexity index is 282. The van der Waals surface area contributed by atoms with E-state index >= 15 is 0 Å². The molecule has 2 N–H and O–H groups in total. The molecule has 3 atom stereocenters. The SMILES string of the molecule is CCCC(C)N(C)C1(CN)CCCC(C(C)(C)C)CC1. The van der Waals surface area contributed by atoms with Gasteiger partial charge in [-0.3, -0.25) is 4.90 Å². The quantitative estimate of drug-likeness (QED) is 0.756. The van der Waals surface area contributed by atoms with Crippen LogP contribution in [-0.4, -0.2) is 30.1 Å². The van der Waals surface area contributed by atoms with Crippen molar-refractivity contribution >= 4 is 0 Å². The number of likely N-dealkylation sites (N-methyl/N-ethyl adjacent to an activating group) is 1. The summed E-state index contributed by atoms with van der Waals surface area (Å²) < 4.78 is 0. The highest BCUT2D eigenvalue weighted by Gasteiger charge is 2.39. The molecule has 1 fully saturated rings. The van der Waals surface area contributed by atoms with E-state index in [1.807, 2.05) is 0 Å². The summed E-state index contributed by atoms with van der Waals surface area (Å²) in [6.07, 6.45) is 9.14. The average molecular weight is 283 g/mol. The molecule has 0 aromatic heterocycles. The Hall–Kier alpha value is -0.0800. The first-order chi connectivity index (χ1) is 9.27. The fourth-order valence-corrected chi connectivity index (χ4v) is 4.04. The van der Waals surface area contributed by atoms with E-state index < -0.39 is 0 Å². The third-order valence-electron chi connectivity index (χ3n) is 5.87. The van der Waals surface area contributed by atoms with Crippen molar-refractivity contribution < 1.29 is 0 Å². The van der Waals surface area contributed by atoms with Gasteiger partial charge in [-0.05, 0) is 57.4 Å². The van der Waals surface area contributed by atoms with Gasteiger partial charge < -0.3 is 5.73 Å². The topological polar surface area (TPSA) is 29.3 Å². The van der Waals surface area contributed by atoms with E-state index in [4.69, 9.17) is 5.73 Å². The summed E-state index contributed by atoms with van der Waals surface area (Å²) in [5, 5.41) is 0. The smallest absolute Gasteiger partial charge is 0.0331 e. The van der Waals surface area contributed by atoms with E-state index in [1.54, 1.807) is 0 Å². The standard InChI is InChI=1S/C18H38N2/c1-7-9-15(2)20(6)18(14-19)12-8-10-16(11-13-18)17(3,4)5/h15-16H,7-14,19H2,1-6H3. The van der Waals surface area contributed by atoms with Crippen LogP contribution in [0.4, 0.5) is 0 Å². The molecule has 1 rings (SSSR count). The highest BCUT2D eigenvalue weighted by molar-refractivity contribution is 4.96. The molecule has 0 saturated heterocycles. The monoisotopic (exact) mass is 282 g/mol. The third kappa shape index (κ3) is 4.21. The van der Waals surface area contributed by atoms with Gasteiger partial charge >= 0.3 is 0 Å². The molecular formula is C18H38N2. The van der Waals surface area contributed by atoms with Gasteiger partial charge in [0.2, 0.25) is 0 Å². The highest BCUT2D eigenvalue weighted by atomic mass is 15.2. The average Bonchev–Trinajstić information content (AvgIpc) is 2.61. The molecule has 20 heavy (non-hydrogen) atoms. The van der Waals surface area contributed by atoms with Crippen molar-refractivity contribution in [3.63, 3.8) is 0 Å². The summed E-state index contributed by atoms with van der Waals surface area (Å²) in [5.74, 6) is 0.853. The maximum Gasteiger partial charge on any atom is 0.0331 e. The Kier molecular flexibility index (Phi) is 6.53. The first-order valence-corrected chi connectivity index (χ1v) is 8.70. The predicted octanol–water partition coefficient (Wildman–Crippen LogP) is 4.43. The van der Waals surface area contributed by atoms with Gasteiger partial charge in [-0.15, -0.1) is 0 Å². The van der Waals surface area contributed by atoms with Crippen molar-refractivity contribution in [2.24, 2.45) is 17.1 Å². The van der Waals surface area contributed by atoms with Crippen LogP contribution in [0.25, 0.3) is 0 Å². The Balaban J connectivity index is 2.79. The fraction of sp³-hybridized carbons (Fsp3) is 1.00. The molecule has 1 aliphatic carbocycles. The maximum atomic E-state index is 6.26. The number of hydrogen-bond acceptors (Lipinski definition) is 2. The zero-order chi connectivity index (χ0) is 15.4. The molecule has 0 spiro atoms. The minimum atomic E-state index is 0.245. The maximum absolute atomic E-state index is 6.26. The summed E-state index contributed by atoms with van der Waals surface area (Å²) in [4.78, 5) is 2.61. The second kappa shape index (κ2) is 7.26. The molecule has 3 unspecified atom stereocenters. The van der Waals surface area contributed by atoms with E-state index in [-0.39, 0.29) is 5.54 Å². The van der Waals surface area contributed by atoms with Crippen LogP contribution in [0.2, 0.25) is 0 Å². The number of rotatable bonds is 5. The van der Waals surface area contributed by atoms with Gasteiger partial charge in [-0.1, -0.05) is 40.5 Å². The number of hydrogen-bond donors (Lipinski definition) is 1. The van der Waals surface area contributed by atoms with Crippen molar-refractivity contribution in [2.45, 2.75) is 91.1 Å². The zero-order valence-electron chi connectivity index (χ0n) is 14.8. The molecule has 2 nitrogen and oxygen atoms in total. The van der Waals surface area contributed by atoms with Crippen molar-refractivity contribution in [2.75, 3.05) is 13.6 Å². The lowest BCUT2D eigenvalue weighted by Crippen LogP contribution is -2.55. The van der Waals surface area contributed by atoms with E-state index in [9.17, 15) is 0 Å². The van der Waals surface area contributed by atoms with Gasteiger partial charge in [-0.2, -0.15) is 0 Å². The molecule has 0 aromatic carbocycles. The molecule has 1 aliphatic rings. The van der Waals surface area contributed by atoms with E-state index in [2.05, 4.69) is 46.6 Å². The second-order valence-electron chi connectivity index (χ2n) is 8.17. The molecule has 0 aliphatic heterocycles. The van der Waals surface area contributed by atoms with Gasteiger partial charge in [0.05, 0.1) is 0 Å². The van der Waals surface area contributed by atoms with E-state index in [1.165, 1.54) is 44.9 Å².